The van der Waals surface area contributed by atoms with Crippen molar-refractivity contribution in [2.45, 2.75) is 6.92 Å². The molecular weight excluding hydrogens is 428 g/mol. The van der Waals surface area contributed by atoms with E-state index in [1.54, 1.807) is 29.2 Å². The summed E-state index contributed by atoms with van der Waals surface area (Å²) in [7, 11) is 0. The zero-order valence-corrected chi connectivity index (χ0v) is 17.9. The quantitative estimate of drug-likeness (QED) is 0.458. The van der Waals surface area contributed by atoms with Crippen LogP contribution in [-0.2, 0) is 4.79 Å². The number of aliphatic carboxylic acids is 1. The van der Waals surface area contributed by atoms with Crippen LogP contribution in [0.5, 0.6) is 0 Å². The number of aryl methyl sites for hydroxylation is 1. The lowest BCUT2D eigenvalue weighted by Gasteiger charge is -2.10. The number of carboxylic acids is 1. The first-order valence-electron chi connectivity index (χ1n) is 9.80. The number of nitrogens with zero attached hydrogens (tertiary/aromatic N) is 3. The molecule has 2 aromatic heterocycles. The van der Waals surface area contributed by atoms with E-state index in [1.165, 1.54) is 0 Å². The molecule has 0 unspecified atom stereocenters. The van der Waals surface area contributed by atoms with Crippen LogP contribution in [0.2, 0.25) is 5.02 Å². The van der Waals surface area contributed by atoms with E-state index in [1.807, 2.05) is 55.5 Å². The van der Waals surface area contributed by atoms with E-state index < -0.39 is 18.4 Å². The van der Waals surface area contributed by atoms with Crippen molar-refractivity contribution in [3.05, 3.63) is 89.3 Å². The van der Waals surface area contributed by atoms with Crippen molar-refractivity contribution >= 4 is 23.5 Å². The first kappa shape index (κ1) is 21.3. The van der Waals surface area contributed by atoms with Gasteiger partial charge in [-0.05, 0) is 53.9 Å². The number of rotatable bonds is 6. The lowest BCUT2D eigenvalue weighted by molar-refractivity contribution is -0.135. The van der Waals surface area contributed by atoms with E-state index >= 15 is 0 Å². The molecule has 160 valence electrons. The first-order valence-corrected chi connectivity index (χ1v) is 10.2. The zero-order valence-electron chi connectivity index (χ0n) is 17.1. The Labute approximate surface area is 189 Å². The highest BCUT2D eigenvalue weighted by Gasteiger charge is 2.17. The average molecular weight is 447 g/mol. The Balaban J connectivity index is 1.73. The number of hydrogen-bond donors (Lipinski definition) is 2. The lowest BCUT2D eigenvalue weighted by Crippen LogP contribution is -2.29. The number of nitrogens with one attached hydrogen (secondary N) is 1. The molecule has 0 fully saturated rings. The molecule has 0 aliphatic carbocycles. The maximum Gasteiger partial charge on any atom is 0.322 e. The zero-order chi connectivity index (χ0) is 22.7. The highest BCUT2D eigenvalue weighted by atomic mass is 35.5. The molecule has 2 N–H and O–H groups in total. The molecule has 1 amide bonds. The van der Waals surface area contributed by atoms with Gasteiger partial charge in [-0.2, -0.15) is 5.10 Å². The van der Waals surface area contributed by atoms with Gasteiger partial charge in [0.2, 0.25) is 0 Å². The van der Waals surface area contributed by atoms with Crippen LogP contribution in [-0.4, -0.2) is 38.3 Å². The van der Waals surface area contributed by atoms with Crippen molar-refractivity contribution < 1.29 is 14.7 Å². The first-order chi connectivity index (χ1) is 15.4. The Bertz CT molecular complexity index is 1280. The number of carbonyl (C=O) groups excluding carboxylic acids is 1. The molecule has 0 aliphatic rings. The second kappa shape index (κ2) is 9.03. The minimum Gasteiger partial charge on any atom is -0.480 e. The van der Waals surface area contributed by atoms with Crippen molar-refractivity contribution in [3.8, 4) is 28.1 Å². The van der Waals surface area contributed by atoms with Gasteiger partial charge in [0.05, 0.1) is 17.6 Å². The monoisotopic (exact) mass is 446 g/mol. The van der Waals surface area contributed by atoms with Gasteiger partial charge >= 0.3 is 5.97 Å². The summed E-state index contributed by atoms with van der Waals surface area (Å²) in [5.41, 5.74) is 5.50. The molecule has 4 aromatic rings. The molecule has 2 aromatic carbocycles. The SMILES string of the molecule is Cc1cc(Cl)ccc1-c1ccc(-c2cc(C(=O)NCC(=O)O)nn2-c2cccnc2)cc1. The van der Waals surface area contributed by atoms with Gasteiger partial charge < -0.3 is 10.4 Å². The molecule has 8 heteroatoms. The molecule has 0 atom stereocenters. The summed E-state index contributed by atoms with van der Waals surface area (Å²) in [6, 6.07) is 18.9. The molecule has 0 saturated heterocycles. The molecule has 7 nitrogen and oxygen atoms in total. The summed E-state index contributed by atoms with van der Waals surface area (Å²) < 4.78 is 1.62. The summed E-state index contributed by atoms with van der Waals surface area (Å²) in [4.78, 5) is 27.3. The van der Waals surface area contributed by atoms with E-state index in [4.69, 9.17) is 16.7 Å². The predicted molar refractivity (Wildman–Crippen MR) is 122 cm³/mol. The van der Waals surface area contributed by atoms with Gasteiger partial charge in [0.25, 0.3) is 5.91 Å². The van der Waals surface area contributed by atoms with Gasteiger partial charge in [0.15, 0.2) is 5.69 Å². The van der Waals surface area contributed by atoms with E-state index in [-0.39, 0.29) is 5.69 Å². The predicted octanol–water partition coefficient (Wildman–Crippen LogP) is 4.38. The Morgan fingerprint density at radius 3 is 2.47 bits per heavy atom. The van der Waals surface area contributed by atoms with Gasteiger partial charge in [-0.3, -0.25) is 14.6 Å². The normalized spacial score (nSPS) is 10.7. The van der Waals surface area contributed by atoms with Crippen LogP contribution >= 0.6 is 11.6 Å². The fraction of sp³-hybridized carbons (Fsp3) is 0.0833. The van der Waals surface area contributed by atoms with E-state index in [0.29, 0.717) is 16.4 Å². The average Bonchev–Trinajstić information content (AvgIpc) is 3.24. The van der Waals surface area contributed by atoms with Crippen molar-refractivity contribution in [1.29, 1.82) is 0 Å². The van der Waals surface area contributed by atoms with Crippen LogP contribution in [0.4, 0.5) is 0 Å². The maximum atomic E-state index is 12.4. The maximum absolute atomic E-state index is 12.4. The van der Waals surface area contributed by atoms with Gasteiger partial charge in [-0.15, -0.1) is 0 Å². The van der Waals surface area contributed by atoms with Crippen molar-refractivity contribution in [2.24, 2.45) is 0 Å². The van der Waals surface area contributed by atoms with Crippen molar-refractivity contribution in [3.63, 3.8) is 0 Å². The van der Waals surface area contributed by atoms with Crippen molar-refractivity contribution in [1.82, 2.24) is 20.1 Å². The Kier molecular flexibility index (Phi) is 6.00. The molecular formula is C24H19ClN4O3. The number of halogens is 1. The summed E-state index contributed by atoms with van der Waals surface area (Å²) in [5, 5.41) is 16.3. The minimum atomic E-state index is -1.13. The highest BCUT2D eigenvalue weighted by Crippen LogP contribution is 2.30. The smallest absolute Gasteiger partial charge is 0.322 e. The van der Waals surface area contributed by atoms with E-state index in [9.17, 15) is 9.59 Å². The third-order valence-electron chi connectivity index (χ3n) is 4.91. The number of amides is 1. The van der Waals surface area contributed by atoms with Gasteiger partial charge in [0.1, 0.15) is 6.54 Å². The van der Waals surface area contributed by atoms with E-state index in [2.05, 4.69) is 15.4 Å². The molecule has 0 aliphatic heterocycles. The molecule has 0 radical (unpaired) electrons. The molecule has 2 heterocycles. The third-order valence-corrected chi connectivity index (χ3v) is 5.15. The van der Waals surface area contributed by atoms with Crippen LogP contribution in [0.25, 0.3) is 28.1 Å². The second-order valence-electron chi connectivity index (χ2n) is 7.15. The van der Waals surface area contributed by atoms with Gasteiger partial charge in [-0.25, -0.2) is 4.68 Å². The van der Waals surface area contributed by atoms with Crippen LogP contribution in [0, 0.1) is 6.92 Å². The Morgan fingerprint density at radius 1 is 1.06 bits per heavy atom. The molecule has 4 rings (SSSR count). The van der Waals surface area contributed by atoms with Crippen LogP contribution in [0.3, 0.4) is 0 Å². The van der Waals surface area contributed by atoms with Crippen LogP contribution < -0.4 is 5.32 Å². The lowest BCUT2D eigenvalue weighted by atomic mass is 9.99. The van der Waals surface area contributed by atoms with Crippen LogP contribution in [0.1, 0.15) is 16.1 Å². The Hall–Kier alpha value is -3.97. The Morgan fingerprint density at radius 2 is 1.81 bits per heavy atom. The summed E-state index contributed by atoms with van der Waals surface area (Å²) in [6.07, 6.45) is 3.29. The van der Waals surface area contributed by atoms with Gasteiger partial charge in [-0.1, -0.05) is 41.9 Å². The topological polar surface area (TPSA) is 97.1 Å². The molecule has 0 bridgehead atoms. The van der Waals surface area contributed by atoms with Crippen LogP contribution in [0.15, 0.2) is 73.1 Å². The summed E-state index contributed by atoms with van der Waals surface area (Å²) >= 11 is 6.07. The number of benzene rings is 2. The number of aromatic nitrogens is 3. The van der Waals surface area contributed by atoms with Crippen molar-refractivity contribution in [2.75, 3.05) is 6.54 Å². The fourth-order valence-electron chi connectivity index (χ4n) is 3.39. The summed E-state index contributed by atoms with van der Waals surface area (Å²) in [5.74, 6) is -1.69. The standard InChI is InChI=1S/C24H19ClN4O3/c1-15-11-18(25)8-9-20(15)16-4-6-17(7-5-16)22-12-21(24(32)27-14-23(30)31)28-29(22)19-3-2-10-26-13-19/h2-13H,14H2,1H3,(H,27,32)(H,30,31). The van der Waals surface area contributed by atoms with E-state index in [0.717, 1.165) is 22.3 Å². The number of carboxylic acid groups (broad SMARTS) is 1. The number of pyridine rings is 1. The largest absolute Gasteiger partial charge is 0.480 e. The molecule has 0 spiro atoms. The number of hydrogen-bond acceptors (Lipinski definition) is 4. The second-order valence-corrected chi connectivity index (χ2v) is 7.59. The number of carbonyl (C=O) groups is 2. The van der Waals surface area contributed by atoms with Gasteiger partial charge in [0, 0.05) is 16.8 Å². The minimum absolute atomic E-state index is 0.114. The third kappa shape index (κ3) is 4.53. The fourth-order valence-corrected chi connectivity index (χ4v) is 3.62. The summed E-state index contributed by atoms with van der Waals surface area (Å²) in [6.45, 7) is 1.53. The molecule has 0 saturated carbocycles. The highest BCUT2D eigenvalue weighted by molar-refractivity contribution is 6.30. The molecule has 32 heavy (non-hydrogen) atoms.